The highest BCUT2D eigenvalue weighted by atomic mass is 32.1. The summed E-state index contributed by atoms with van der Waals surface area (Å²) in [5.41, 5.74) is 1.24. The van der Waals surface area contributed by atoms with E-state index in [-0.39, 0.29) is 46.9 Å². The molecule has 1 aromatic heterocycles. The fraction of sp³-hybridized carbons (Fsp3) is 0.647. The molecule has 2 N–H and O–H groups in total. The molecule has 9 nitrogen and oxygen atoms in total. The van der Waals surface area contributed by atoms with Crippen molar-refractivity contribution in [1.29, 1.82) is 0 Å². The summed E-state index contributed by atoms with van der Waals surface area (Å²) in [5.74, 6) is -1.18. The lowest BCUT2D eigenvalue weighted by atomic mass is 9.94. The van der Waals surface area contributed by atoms with Gasteiger partial charge in [0.25, 0.3) is 5.91 Å². The number of amides is 2. The molecular formula is C34H53N3O6SSi. The van der Waals surface area contributed by atoms with Gasteiger partial charge in [0, 0.05) is 37.2 Å². The van der Waals surface area contributed by atoms with E-state index >= 15 is 0 Å². The first-order valence-corrected chi connectivity index (χ1v) is 19.9. The highest BCUT2D eigenvalue weighted by Crippen LogP contribution is 2.38. The second-order valence-corrected chi connectivity index (χ2v) is 19.9. The second kappa shape index (κ2) is 15.8. The molecule has 2 bridgehead atoms. The zero-order valence-electron chi connectivity index (χ0n) is 28.5. The molecule has 0 saturated carbocycles. The third-order valence-corrected chi connectivity index (χ3v) is 14.3. The molecule has 3 heterocycles. The molecule has 250 valence electrons. The lowest BCUT2D eigenvalue weighted by Gasteiger charge is -2.39. The average Bonchev–Trinajstić information content (AvgIpc) is 3.61. The molecular weight excluding hydrogens is 607 g/mol. The Hall–Kier alpha value is -2.60. The van der Waals surface area contributed by atoms with Crippen molar-refractivity contribution in [1.82, 2.24) is 15.2 Å². The largest absolute Gasteiger partial charge is 0.460 e. The number of rotatable bonds is 3. The number of allylic oxidation sites excluding steroid dienone is 2. The minimum atomic E-state index is -2.16. The summed E-state index contributed by atoms with van der Waals surface area (Å²) < 4.78 is 12.7. The fourth-order valence-corrected chi connectivity index (χ4v) is 7.50. The van der Waals surface area contributed by atoms with Crippen LogP contribution in [0.1, 0.15) is 83.2 Å². The van der Waals surface area contributed by atoms with Crippen molar-refractivity contribution >= 4 is 37.4 Å². The van der Waals surface area contributed by atoms with E-state index in [9.17, 15) is 19.5 Å². The number of nitrogens with zero attached hydrogens (tertiary/aromatic N) is 2. The zero-order valence-corrected chi connectivity index (χ0v) is 30.3. The predicted molar refractivity (Wildman–Crippen MR) is 181 cm³/mol. The van der Waals surface area contributed by atoms with E-state index < -0.39 is 32.5 Å². The van der Waals surface area contributed by atoms with Gasteiger partial charge in [-0.1, -0.05) is 71.4 Å². The summed E-state index contributed by atoms with van der Waals surface area (Å²) >= 11 is 1.34. The molecule has 1 aromatic rings. The Bertz CT molecular complexity index is 1280. The molecule has 0 aliphatic carbocycles. The van der Waals surface area contributed by atoms with E-state index in [0.29, 0.717) is 37.4 Å². The third kappa shape index (κ3) is 10.5. The lowest BCUT2D eigenvalue weighted by molar-refractivity contribution is -0.158. The Morgan fingerprint density at radius 3 is 2.58 bits per heavy atom. The van der Waals surface area contributed by atoms with E-state index in [2.05, 4.69) is 44.2 Å². The third-order valence-electron chi connectivity index (χ3n) is 8.93. The van der Waals surface area contributed by atoms with Gasteiger partial charge in [-0.25, -0.2) is 9.78 Å². The number of hydrogen-bond acceptors (Lipinski definition) is 8. The normalized spacial score (nSPS) is 29.4. The van der Waals surface area contributed by atoms with Crippen LogP contribution in [0.4, 0.5) is 0 Å². The standard InChI is InChI=1S/C34H53N3O6SSi/c1-22(2)31-24(4)14-15-29(39)35-16-10-12-23(3)18-26(43-45(8,9)34(5,6)7)19-25(38)20-30-36-27(21-44-30)32(40)37-17-11-13-28(37)33(41)42-31/h10,12,14-15,18,21-22,24-26,28,31,38H,11,13,16-17,19-20H2,1-9H3,(H,35,39)/b12-10+,15-14+,23-18+/t24-,25+,26-,28-,31-/m1/s1. The Morgan fingerprint density at radius 1 is 1.20 bits per heavy atom. The molecule has 0 spiro atoms. The van der Waals surface area contributed by atoms with Crippen LogP contribution in [0.3, 0.4) is 0 Å². The number of nitrogens with one attached hydrogen (secondary N) is 1. The van der Waals surface area contributed by atoms with Gasteiger partial charge in [0.1, 0.15) is 17.8 Å². The van der Waals surface area contributed by atoms with E-state index in [1.54, 1.807) is 16.4 Å². The highest BCUT2D eigenvalue weighted by Gasteiger charge is 2.40. The van der Waals surface area contributed by atoms with Crippen molar-refractivity contribution in [3.63, 3.8) is 0 Å². The molecule has 0 unspecified atom stereocenters. The lowest BCUT2D eigenvalue weighted by Crippen LogP contribution is -2.44. The van der Waals surface area contributed by atoms with Crippen LogP contribution in [0, 0.1) is 11.8 Å². The van der Waals surface area contributed by atoms with Gasteiger partial charge in [-0.15, -0.1) is 11.3 Å². The van der Waals surface area contributed by atoms with Gasteiger partial charge in [0.2, 0.25) is 5.91 Å². The van der Waals surface area contributed by atoms with Crippen LogP contribution in [0.15, 0.2) is 41.3 Å². The number of ether oxygens (including phenoxy) is 1. The minimum absolute atomic E-state index is 0.00589. The van der Waals surface area contributed by atoms with Crippen LogP contribution in [0.5, 0.6) is 0 Å². The molecule has 1 saturated heterocycles. The highest BCUT2D eigenvalue weighted by molar-refractivity contribution is 7.09. The number of esters is 1. The smallest absolute Gasteiger partial charge is 0.329 e. The number of carbonyl (C=O) groups excluding carboxylic acids is 3. The van der Waals surface area contributed by atoms with Gasteiger partial charge in [0.15, 0.2) is 8.32 Å². The number of thiazole rings is 1. The van der Waals surface area contributed by atoms with Gasteiger partial charge in [-0.2, -0.15) is 0 Å². The van der Waals surface area contributed by atoms with Crippen LogP contribution >= 0.6 is 11.3 Å². The molecule has 0 radical (unpaired) electrons. The Kier molecular flexibility index (Phi) is 12.9. The van der Waals surface area contributed by atoms with Crippen LogP contribution in [-0.2, 0) is 25.2 Å². The first kappa shape index (κ1) is 36.9. The first-order chi connectivity index (χ1) is 21.0. The van der Waals surface area contributed by atoms with Gasteiger partial charge >= 0.3 is 5.97 Å². The molecule has 2 aliphatic heterocycles. The molecule has 2 amide bonds. The van der Waals surface area contributed by atoms with Crippen molar-refractivity contribution in [2.24, 2.45) is 11.8 Å². The number of aromatic nitrogens is 1. The van der Waals surface area contributed by atoms with Crippen LogP contribution in [0.25, 0.3) is 0 Å². The molecule has 3 rings (SSSR count). The number of fused-ring (bicyclic) bond motifs is 3. The summed E-state index contributed by atoms with van der Waals surface area (Å²) in [7, 11) is -2.16. The maximum atomic E-state index is 13.5. The molecule has 0 aromatic carbocycles. The summed E-state index contributed by atoms with van der Waals surface area (Å²) in [6.07, 6.45) is 9.47. The van der Waals surface area contributed by atoms with Crippen molar-refractivity contribution in [2.45, 2.75) is 117 Å². The number of carbonyl (C=O) groups is 3. The van der Waals surface area contributed by atoms with E-state index in [1.165, 1.54) is 17.4 Å². The maximum Gasteiger partial charge on any atom is 0.329 e. The summed E-state index contributed by atoms with van der Waals surface area (Å²) in [4.78, 5) is 45.6. The van der Waals surface area contributed by atoms with Gasteiger partial charge < -0.3 is 24.5 Å². The topological polar surface area (TPSA) is 118 Å². The van der Waals surface area contributed by atoms with Crippen molar-refractivity contribution in [3.8, 4) is 0 Å². The SMILES string of the molecule is CC1=C\[C@@H](O[Si](C)(C)C(C)(C)C)C[C@H](O)Cc2nc(cs2)C(=O)N2CCC[C@@H]2C(=O)O[C@H](C(C)C)[C@H](C)/C=C/C(=O)NC\C=C\1. The summed E-state index contributed by atoms with van der Waals surface area (Å²) in [6.45, 7) is 19.6. The summed E-state index contributed by atoms with van der Waals surface area (Å²) in [6, 6.07) is -0.689. The maximum absolute atomic E-state index is 13.5. The number of aliphatic hydroxyl groups excluding tert-OH is 1. The monoisotopic (exact) mass is 659 g/mol. The van der Waals surface area contributed by atoms with Crippen LogP contribution in [-0.4, -0.2) is 78.5 Å². The Morgan fingerprint density at radius 2 is 1.91 bits per heavy atom. The molecule has 5 atom stereocenters. The van der Waals surface area contributed by atoms with E-state index in [4.69, 9.17) is 9.16 Å². The minimum Gasteiger partial charge on any atom is -0.460 e. The summed E-state index contributed by atoms with van der Waals surface area (Å²) in [5, 5.41) is 16.4. The predicted octanol–water partition coefficient (Wildman–Crippen LogP) is 5.82. The first-order valence-electron chi connectivity index (χ1n) is 16.1. The van der Waals surface area contributed by atoms with Crippen LogP contribution < -0.4 is 5.32 Å². The van der Waals surface area contributed by atoms with E-state index in [1.807, 2.05) is 45.9 Å². The van der Waals surface area contributed by atoms with Crippen molar-refractivity contribution in [2.75, 3.05) is 13.1 Å². The Labute approximate surface area is 274 Å². The van der Waals surface area contributed by atoms with Gasteiger partial charge in [0.05, 0.1) is 17.2 Å². The molecule has 11 heteroatoms. The van der Waals surface area contributed by atoms with Gasteiger partial charge in [-0.3, -0.25) is 9.59 Å². The molecule has 1 fully saturated rings. The van der Waals surface area contributed by atoms with Crippen LogP contribution in [0.2, 0.25) is 18.1 Å². The molecule has 2 aliphatic rings. The quantitative estimate of drug-likeness (QED) is 0.310. The number of cyclic esters (lactones) is 1. The molecule has 45 heavy (non-hydrogen) atoms. The second-order valence-electron chi connectivity index (χ2n) is 14.2. The number of hydrogen-bond donors (Lipinski definition) is 2. The zero-order chi connectivity index (χ0) is 33.5. The number of aliphatic hydroxyl groups is 1. The van der Waals surface area contributed by atoms with Crippen molar-refractivity contribution < 1.29 is 28.7 Å². The Balaban J connectivity index is 1.92. The average molecular weight is 660 g/mol. The fourth-order valence-electron chi connectivity index (χ4n) is 5.39. The van der Waals surface area contributed by atoms with Crippen molar-refractivity contribution in [3.05, 3.63) is 52.0 Å². The van der Waals surface area contributed by atoms with E-state index in [0.717, 1.165) is 5.57 Å². The van der Waals surface area contributed by atoms with Gasteiger partial charge in [-0.05, 0) is 49.9 Å².